The molecule has 0 aliphatic heterocycles. The highest BCUT2D eigenvalue weighted by Crippen LogP contribution is 2.31. The lowest BCUT2D eigenvalue weighted by Gasteiger charge is -2.18. The van der Waals surface area contributed by atoms with Gasteiger partial charge in [0.1, 0.15) is 5.82 Å². The van der Waals surface area contributed by atoms with E-state index in [0.717, 1.165) is 22.3 Å². The summed E-state index contributed by atoms with van der Waals surface area (Å²) in [6, 6.07) is 12.7. The third-order valence-electron chi connectivity index (χ3n) is 4.34. The van der Waals surface area contributed by atoms with E-state index < -0.39 is 10.0 Å². The molecule has 1 heterocycles. The van der Waals surface area contributed by atoms with Crippen LogP contribution in [0.2, 0.25) is 0 Å². The number of hydrogen-bond donors (Lipinski definition) is 0. The molecule has 0 spiro atoms. The Morgan fingerprint density at radius 1 is 0.926 bits per heavy atom. The second-order valence-corrected chi connectivity index (χ2v) is 8.60. The summed E-state index contributed by atoms with van der Waals surface area (Å²) >= 11 is 6.16. The van der Waals surface area contributed by atoms with Crippen molar-refractivity contribution in [3.8, 4) is 11.1 Å². The summed E-state index contributed by atoms with van der Waals surface area (Å²) in [6.45, 7) is 5.34. The van der Waals surface area contributed by atoms with Crippen molar-refractivity contribution in [1.29, 1.82) is 0 Å². The lowest BCUT2D eigenvalue weighted by molar-refractivity contribution is 0.597. The minimum absolute atomic E-state index is 0.0981. The summed E-state index contributed by atoms with van der Waals surface area (Å²) in [5.41, 5.74) is 3.76. The van der Waals surface area contributed by atoms with Crippen LogP contribution in [-0.2, 0) is 10.0 Å². The zero-order valence-corrected chi connectivity index (χ0v) is 16.6. The molecule has 0 saturated heterocycles. The molecule has 0 amide bonds. The molecule has 3 aromatic rings. The van der Waals surface area contributed by atoms with Crippen LogP contribution < -0.4 is 3.82 Å². The van der Waals surface area contributed by atoms with Crippen molar-refractivity contribution in [1.82, 2.24) is 4.98 Å². The fourth-order valence-corrected chi connectivity index (χ4v) is 4.46. The second-order valence-electron chi connectivity index (χ2n) is 6.30. The van der Waals surface area contributed by atoms with Crippen LogP contribution in [-0.4, -0.2) is 13.4 Å². The molecule has 1 aromatic heterocycles. The molecule has 0 aliphatic carbocycles. The first kappa shape index (κ1) is 19.3. The van der Waals surface area contributed by atoms with Crippen LogP contribution in [0.25, 0.3) is 11.1 Å². The van der Waals surface area contributed by atoms with Crippen molar-refractivity contribution in [2.45, 2.75) is 25.7 Å². The highest BCUT2D eigenvalue weighted by atomic mass is 35.5. The Morgan fingerprint density at radius 3 is 2.22 bits per heavy atom. The maximum absolute atomic E-state index is 13.4. The fraction of sp³-hybridized carbons (Fsp3) is 0.150. The van der Waals surface area contributed by atoms with Crippen molar-refractivity contribution in [2.75, 3.05) is 3.82 Å². The third-order valence-corrected chi connectivity index (χ3v) is 6.68. The number of nitrogens with zero attached hydrogens (tertiary/aromatic N) is 2. The lowest BCUT2D eigenvalue weighted by atomic mass is 9.98. The molecule has 0 unspecified atom stereocenters. The summed E-state index contributed by atoms with van der Waals surface area (Å²) in [7, 11) is -3.94. The van der Waals surface area contributed by atoms with E-state index in [1.165, 1.54) is 18.2 Å². The quantitative estimate of drug-likeness (QED) is 0.564. The summed E-state index contributed by atoms with van der Waals surface area (Å²) in [4.78, 5) is 4.34. The smallest absolute Gasteiger partial charge is 0.236 e. The van der Waals surface area contributed by atoms with Crippen LogP contribution in [0.3, 0.4) is 0 Å². The molecule has 140 valence electrons. The zero-order chi connectivity index (χ0) is 19.8. The molecular formula is C20H18ClFN2O2S. The van der Waals surface area contributed by atoms with E-state index in [4.69, 9.17) is 11.8 Å². The van der Waals surface area contributed by atoms with Crippen molar-refractivity contribution in [3.05, 3.63) is 77.2 Å². The van der Waals surface area contributed by atoms with Gasteiger partial charge in [-0.05, 0) is 67.3 Å². The van der Waals surface area contributed by atoms with Crippen molar-refractivity contribution < 1.29 is 12.8 Å². The number of aryl methyl sites for hydroxylation is 3. The topological polar surface area (TPSA) is 50.3 Å². The number of benzene rings is 2. The Labute approximate surface area is 163 Å². The van der Waals surface area contributed by atoms with Crippen molar-refractivity contribution >= 4 is 27.6 Å². The maximum atomic E-state index is 13.4. The van der Waals surface area contributed by atoms with Gasteiger partial charge in [-0.15, -0.1) is 0 Å². The van der Waals surface area contributed by atoms with Gasteiger partial charge in [-0.2, -0.15) is 12.2 Å². The molecule has 4 nitrogen and oxygen atoms in total. The Morgan fingerprint density at radius 2 is 1.59 bits per heavy atom. The van der Waals surface area contributed by atoms with Crippen LogP contribution in [0.15, 0.2) is 59.6 Å². The van der Waals surface area contributed by atoms with Crippen molar-refractivity contribution in [3.63, 3.8) is 0 Å². The monoisotopic (exact) mass is 404 g/mol. The first-order chi connectivity index (χ1) is 12.7. The molecule has 0 fully saturated rings. The molecule has 0 aliphatic rings. The summed E-state index contributed by atoms with van der Waals surface area (Å²) in [5.74, 6) is -0.212. The zero-order valence-electron chi connectivity index (χ0n) is 15.1. The van der Waals surface area contributed by atoms with Crippen LogP contribution in [0.4, 0.5) is 10.2 Å². The lowest BCUT2D eigenvalue weighted by Crippen LogP contribution is -2.23. The van der Waals surface area contributed by atoms with Gasteiger partial charge in [-0.25, -0.2) is 9.37 Å². The molecule has 0 N–H and O–H groups in total. The number of sulfonamides is 1. The molecule has 0 saturated carbocycles. The van der Waals surface area contributed by atoms with Gasteiger partial charge in [0.25, 0.3) is 10.0 Å². The predicted molar refractivity (Wildman–Crippen MR) is 106 cm³/mol. The summed E-state index contributed by atoms with van der Waals surface area (Å²) in [5, 5.41) is 0. The van der Waals surface area contributed by atoms with Gasteiger partial charge in [0.2, 0.25) is 0 Å². The van der Waals surface area contributed by atoms with Gasteiger partial charge in [0.15, 0.2) is 5.82 Å². The van der Waals surface area contributed by atoms with Crippen LogP contribution in [0, 0.1) is 26.6 Å². The van der Waals surface area contributed by atoms with E-state index in [1.54, 1.807) is 43.5 Å². The number of halogens is 2. The van der Waals surface area contributed by atoms with E-state index in [9.17, 15) is 12.8 Å². The first-order valence-corrected chi connectivity index (χ1v) is 9.99. The molecule has 0 radical (unpaired) electrons. The second kappa shape index (κ2) is 7.29. The fourth-order valence-electron chi connectivity index (χ4n) is 2.90. The van der Waals surface area contributed by atoms with Gasteiger partial charge in [0, 0.05) is 23.5 Å². The first-order valence-electron chi connectivity index (χ1n) is 8.21. The van der Waals surface area contributed by atoms with E-state index in [0.29, 0.717) is 9.39 Å². The molecule has 2 aromatic carbocycles. The van der Waals surface area contributed by atoms with E-state index in [1.807, 2.05) is 13.8 Å². The normalized spacial score (nSPS) is 11.4. The molecular weight excluding hydrogens is 387 g/mol. The number of aromatic nitrogens is 1. The number of anilines is 1. The average Bonchev–Trinajstić information content (AvgIpc) is 2.62. The number of hydrogen-bond acceptors (Lipinski definition) is 3. The van der Waals surface area contributed by atoms with Crippen LogP contribution >= 0.6 is 11.8 Å². The van der Waals surface area contributed by atoms with Gasteiger partial charge in [-0.3, -0.25) is 0 Å². The summed E-state index contributed by atoms with van der Waals surface area (Å²) < 4.78 is 39.7. The average molecular weight is 405 g/mol. The van der Waals surface area contributed by atoms with Crippen LogP contribution in [0.1, 0.15) is 16.7 Å². The predicted octanol–water partition coefficient (Wildman–Crippen LogP) is 5.16. The molecule has 0 bridgehead atoms. The highest BCUT2D eigenvalue weighted by Gasteiger charge is 2.26. The third kappa shape index (κ3) is 3.68. The van der Waals surface area contributed by atoms with Crippen molar-refractivity contribution in [2.24, 2.45) is 0 Å². The Bertz CT molecular complexity index is 1120. The SMILES string of the molecule is Cc1cc(F)ccc1-c1cnc(N(Cl)S(=O)(=O)c2ccccc2C)cc1C. The molecule has 7 heteroatoms. The molecule has 0 atom stereocenters. The minimum atomic E-state index is -3.94. The van der Waals surface area contributed by atoms with E-state index in [-0.39, 0.29) is 16.5 Å². The number of rotatable bonds is 4. The standard InChI is InChI=1S/C20H18ClFN2O2S/c1-13-6-4-5-7-19(13)27(25,26)24(21)20-11-15(3)18(12-23-20)17-9-8-16(22)10-14(17)2/h4-12H,1-3H3. The number of pyridine rings is 1. The summed E-state index contributed by atoms with van der Waals surface area (Å²) in [6.07, 6.45) is 1.55. The van der Waals surface area contributed by atoms with Gasteiger partial charge < -0.3 is 0 Å². The van der Waals surface area contributed by atoms with E-state index in [2.05, 4.69) is 4.98 Å². The van der Waals surface area contributed by atoms with Gasteiger partial charge >= 0.3 is 0 Å². The van der Waals surface area contributed by atoms with E-state index >= 15 is 0 Å². The Kier molecular flexibility index (Phi) is 5.22. The molecule has 3 rings (SSSR count). The van der Waals surface area contributed by atoms with Gasteiger partial charge in [0.05, 0.1) is 4.90 Å². The maximum Gasteiger partial charge on any atom is 0.279 e. The Hall–Kier alpha value is -2.44. The van der Waals surface area contributed by atoms with Gasteiger partial charge in [-0.1, -0.05) is 24.3 Å². The van der Waals surface area contributed by atoms with Crippen LogP contribution in [0.5, 0.6) is 0 Å². The largest absolute Gasteiger partial charge is 0.279 e. The highest BCUT2D eigenvalue weighted by molar-refractivity contribution is 7.94. The minimum Gasteiger partial charge on any atom is -0.236 e. The molecule has 27 heavy (non-hydrogen) atoms. The Balaban J connectivity index is 2.01.